The topological polar surface area (TPSA) is 97.4 Å². The Bertz CT molecular complexity index is 1540. The normalized spacial score (nSPS) is 11.6. The van der Waals surface area contributed by atoms with Crippen LogP contribution in [0.1, 0.15) is 22.5 Å². The molecule has 0 aliphatic rings. The summed E-state index contributed by atoms with van der Waals surface area (Å²) in [7, 11) is 0. The molecule has 0 atom stereocenters. The second kappa shape index (κ2) is 8.72. The lowest BCUT2D eigenvalue weighted by atomic mass is 10.3. The van der Waals surface area contributed by atoms with Crippen molar-refractivity contribution in [3.05, 3.63) is 81.5 Å². The number of nitrogens with zero attached hydrogens (tertiary/aromatic N) is 6. The maximum absolute atomic E-state index is 13.4. The first kappa shape index (κ1) is 21.2. The number of pyridine rings is 1. The summed E-state index contributed by atoms with van der Waals surface area (Å²) in [6.45, 7) is 5.71. The van der Waals surface area contributed by atoms with Crippen LogP contribution >= 0.6 is 23.1 Å². The average Bonchev–Trinajstić information content (AvgIpc) is 3.18. The van der Waals surface area contributed by atoms with Gasteiger partial charge in [-0.05, 0) is 62.4 Å². The van der Waals surface area contributed by atoms with Crippen LogP contribution in [0.15, 0.2) is 67.9 Å². The Balaban J connectivity index is 1.57. The summed E-state index contributed by atoms with van der Waals surface area (Å²) in [5, 5.41) is 4.79. The smallest absolute Gasteiger partial charge is 0.267 e. The van der Waals surface area contributed by atoms with E-state index in [0.717, 1.165) is 31.5 Å². The van der Waals surface area contributed by atoms with E-state index >= 15 is 0 Å². The maximum atomic E-state index is 13.4. The summed E-state index contributed by atoms with van der Waals surface area (Å²) in [6, 6.07) is 13.6. The second-order valence-corrected chi connectivity index (χ2v) is 9.68. The minimum absolute atomic E-state index is 0.209. The molecule has 164 valence electrons. The van der Waals surface area contributed by atoms with E-state index in [-0.39, 0.29) is 5.56 Å². The van der Waals surface area contributed by atoms with Crippen LogP contribution in [0.3, 0.4) is 0 Å². The van der Waals surface area contributed by atoms with Crippen LogP contribution in [0.25, 0.3) is 15.9 Å². The first-order chi connectivity index (χ1) is 16.0. The molecule has 10 heteroatoms. The van der Waals surface area contributed by atoms with Crippen molar-refractivity contribution in [1.82, 2.24) is 24.3 Å². The van der Waals surface area contributed by atoms with Crippen LogP contribution < -0.4 is 11.0 Å². The lowest BCUT2D eigenvalue weighted by Crippen LogP contribution is -2.21. The van der Waals surface area contributed by atoms with Gasteiger partial charge in [0.25, 0.3) is 5.56 Å². The van der Waals surface area contributed by atoms with Gasteiger partial charge >= 0.3 is 0 Å². The summed E-state index contributed by atoms with van der Waals surface area (Å²) < 4.78 is 3.42. The zero-order valence-electron chi connectivity index (χ0n) is 18.1. The maximum Gasteiger partial charge on any atom is 0.267 e. The molecule has 0 amide bonds. The molecule has 0 bridgehead atoms. The van der Waals surface area contributed by atoms with Crippen LogP contribution in [0.5, 0.6) is 0 Å². The van der Waals surface area contributed by atoms with Crippen molar-refractivity contribution in [1.29, 1.82) is 0 Å². The Hall–Kier alpha value is -3.63. The lowest BCUT2D eigenvalue weighted by Gasteiger charge is -2.08. The van der Waals surface area contributed by atoms with Gasteiger partial charge in [-0.25, -0.2) is 25.4 Å². The van der Waals surface area contributed by atoms with Crippen LogP contribution in [0.2, 0.25) is 0 Å². The fraction of sp³-hybridized carbons (Fsp3) is 0.130. The van der Waals surface area contributed by atoms with Crippen molar-refractivity contribution >= 4 is 51.1 Å². The minimum Gasteiger partial charge on any atom is -0.268 e. The molecule has 8 nitrogen and oxygen atoms in total. The molecule has 33 heavy (non-hydrogen) atoms. The number of aromatic nitrogens is 5. The summed E-state index contributed by atoms with van der Waals surface area (Å²) in [5.41, 5.74) is 7.06. The zero-order valence-corrected chi connectivity index (χ0v) is 19.7. The van der Waals surface area contributed by atoms with Crippen LogP contribution in [0.4, 0.5) is 5.95 Å². The van der Waals surface area contributed by atoms with Crippen molar-refractivity contribution in [2.24, 2.45) is 5.10 Å². The Labute approximate surface area is 197 Å². The largest absolute Gasteiger partial charge is 0.268 e. The SMILES string of the molecule is Cc1cc(C)nc(N/N=C/c2c(Sc3nc4ccccc4s3)nc3c(C)cccn3c2=O)n1. The van der Waals surface area contributed by atoms with E-state index in [4.69, 9.17) is 4.98 Å². The minimum atomic E-state index is -0.209. The number of para-hydroxylation sites is 1. The highest BCUT2D eigenvalue weighted by atomic mass is 32.2. The Morgan fingerprint density at radius 3 is 2.61 bits per heavy atom. The predicted octanol–water partition coefficient (Wildman–Crippen LogP) is 4.62. The van der Waals surface area contributed by atoms with Gasteiger partial charge in [0.15, 0.2) is 4.34 Å². The fourth-order valence-electron chi connectivity index (χ4n) is 3.39. The molecular formula is C23H19N7OS2. The molecule has 1 N–H and O–H groups in total. The Morgan fingerprint density at radius 2 is 1.82 bits per heavy atom. The summed E-state index contributed by atoms with van der Waals surface area (Å²) in [6.07, 6.45) is 3.18. The molecule has 0 spiro atoms. The van der Waals surface area contributed by atoms with Gasteiger partial charge in [-0.2, -0.15) is 5.10 Å². The number of benzene rings is 1. The number of rotatable bonds is 5. The van der Waals surface area contributed by atoms with E-state index in [2.05, 4.69) is 25.5 Å². The second-order valence-electron chi connectivity index (χ2n) is 7.41. The molecule has 0 radical (unpaired) electrons. The highest BCUT2D eigenvalue weighted by Crippen LogP contribution is 2.34. The molecule has 0 aliphatic carbocycles. The van der Waals surface area contributed by atoms with Gasteiger partial charge in [0.05, 0.1) is 22.0 Å². The predicted molar refractivity (Wildman–Crippen MR) is 133 cm³/mol. The number of hydrogen-bond donors (Lipinski definition) is 1. The highest BCUT2D eigenvalue weighted by Gasteiger charge is 2.16. The van der Waals surface area contributed by atoms with Gasteiger partial charge in [-0.1, -0.05) is 18.2 Å². The molecule has 0 aliphatic heterocycles. The average molecular weight is 474 g/mol. The van der Waals surface area contributed by atoms with Gasteiger partial charge in [-0.15, -0.1) is 11.3 Å². The van der Waals surface area contributed by atoms with Gasteiger partial charge < -0.3 is 0 Å². The molecule has 5 aromatic rings. The number of thiazole rings is 1. The molecule has 0 saturated heterocycles. The van der Waals surface area contributed by atoms with E-state index in [9.17, 15) is 4.79 Å². The summed E-state index contributed by atoms with van der Waals surface area (Å²) in [5.74, 6) is 0.369. The number of nitrogens with one attached hydrogen (secondary N) is 1. The quantitative estimate of drug-likeness (QED) is 0.226. The van der Waals surface area contributed by atoms with Gasteiger partial charge in [0, 0.05) is 17.6 Å². The number of hydrogen-bond acceptors (Lipinski definition) is 9. The van der Waals surface area contributed by atoms with E-state index in [0.29, 0.717) is 22.2 Å². The summed E-state index contributed by atoms with van der Waals surface area (Å²) >= 11 is 2.92. The first-order valence-corrected chi connectivity index (χ1v) is 11.8. The van der Waals surface area contributed by atoms with Crippen LogP contribution in [-0.4, -0.2) is 30.6 Å². The lowest BCUT2D eigenvalue weighted by molar-refractivity contribution is 0.966. The van der Waals surface area contributed by atoms with E-state index < -0.39 is 0 Å². The number of hydrazone groups is 1. The van der Waals surface area contributed by atoms with E-state index in [1.54, 1.807) is 17.5 Å². The molecule has 1 aromatic carbocycles. The molecule has 0 saturated carbocycles. The van der Waals surface area contributed by atoms with Gasteiger partial charge in [0.1, 0.15) is 10.7 Å². The van der Waals surface area contributed by atoms with Crippen molar-refractivity contribution in [2.45, 2.75) is 30.1 Å². The Kier molecular flexibility index (Phi) is 5.61. The first-order valence-electron chi connectivity index (χ1n) is 10.1. The van der Waals surface area contributed by atoms with E-state index in [1.807, 2.05) is 63.2 Å². The molecule has 0 unspecified atom stereocenters. The third-order valence-corrected chi connectivity index (χ3v) is 6.95. The van der Waals surface area contributed by atoms with E-state index in [1.165, 1.54) is 22.4 Å². The standard InChI is InChI=1S/C23H19N7OS2/c1-13-7-6-10-30-19(13)28-20(33-23-27-17-8-4-5-9-18(17)32-23)16(21(30)31)12-24-29-22-25-14(2)11-15(3)26-22/h4-12H,1-3H3,(H,25,26,29)/b24-12+. The van der Waals surface area contributed by atoms with Crippen molar-refractivity contribution in [3.8, 4) is 0 Å². The highest BCUT2D eigenvalue weighted by molar-refractivity contribution is 8.01. The number of aryl methyl sites for hydroxylation is 3. The van der Waals surface area contributed by atoms with Gasteiger partial charge in [-0.3, -0.25) is 9.20 Å². The van der Waals surface area contributed by atoms with Crippen molar-refractivity contribution < 1.29 is 0 Å². The third-order valence-electron chi connectivity index (χ3n) is 4.85. The Morgan fingerprint density at radius 1 is 1.03 bits per heavy atom. The van der Waals surface area contributed by atoms with Crippen LogP contribution in [-0.2, 0) is 0 Å². The van der Waals surface area contributed by atoms with Gasteiger partial charge in [0.2, 0.25) is 5.95 Å². The van der Waals surface area contributed by atoms with Crippen LogP contribution in [0, 0.1) is 20.8 Å². The summed E-state index contributed by atoms with van der Waals surface area (Å²) in [4.78, 5) is 31.5. The molecule has 4 aromatic heterocycles. The van der Waals surface area contributed by atoms with Crippen molar-refractivity contribution in [2.75, 3.05) is 5.43 Å². The third kappa shape index (κ3) is 4.35. The number of anilines is 1. The fourth-order valence-corrected chi connectivity index (χ4v) is 5.45. The zero-order chi connectivity index (χ0) is 22.9. The molecular weight excluding hydrogens is 454 g/mol. The monoisotopic (exact) mass is 473 g/mol. The van der Waals surface area contributed by atoms with Crippen molar-refractivity contribution in [3.63, 3.8) is 0 Å². The molecule has 0 fully saturated rings. The molecule has 4 heterocycles. The molecule has 5 rings (SSSR count). The number of fused-ring (bicyclic) bond motifs is 2.